The maximum atomic E-state index is 6.46. The van der Waals surface area contributed by atoms with E-state index in [1.54, 1.807) is 0 Å². The average molecular weight is 807 g/mol. The van der Waals surface area contributed by atoms with Crippen LogP contribution in [0.25, 0.3) is 128 Å². The Labute approximate surface area is 361 Å². The lowest BCUT2D eigenvalue weighted by atomic mass is 9.92. The van der Waals surface area contributed by atoms with Crippen LogP contribution in [-0.4, -0.2) is 19.5 Å². The molecule has 0 saturated heterocycles. The van der Waals surface area contributed by atoms with Crippen LogP contribution in [0.1, 0.15) is 0 Å². The molecule has 63 heavy (non-hydrogen) atoms. The second-order valence-electron chi connectivity index (χ2n) is 15.9. The summed E-state index contributed by atoms with van der Waals surface area (Å²) in [6.07, 6.45) is 0. The lowest BCUT2D eigenvalue weighted by Crippen LogP contribution is -2.04. The molecule has 0 fully saturated rings. The van der Waals surface area contributed by atoms with Crippen LogP contribution in [0.15, 0.2) is 215 Å². The molecule has 4 aromatic heterocycles. The number of aromatic nitrogens is 4. The third-order valence-corrected chi connectivity index (χ3v) is 12.2. The maximum absolute atomic E-state index is 6.46. The van der Waals surface area contributed by atoms with Crippen LogP contribution in [0, 0.1) is 0 Å². The highest BCUT2D eigenvalue weighted by Crippen LogP contribution is 2.46. The zero-order valence-corrected chi connectivity index (χ0v) is 33.7. The van der Waals surface area contributed by atoms with Gasteiger partial charge in [-0.25, -0.2) is 15.0 Å². The molecule has 13 rings (SSSR count). The third-order valence-electron chi connectivity index (χ3n) is 12.2. The Morgan fingerprint density at radius 2 is 0.810 bits per heavy atom. The van der Waals surface area contributed by atoms with Gasteiger partial charge in [-0.05, 0) is 65.7 Å². The molecular weight excluding hydrogens is 773 g/mol. The first-order valence-corrected chi connectivity index (χ1v) is 21.1. The lowest BCUT2D eigenvalue weighted by molar-refractivity contribution is 0.668. The fourth-order valence-electron chi connectivity index (χ4n) is 9.41. The second kappa shape index (κ2) is 14.0. The summed E-state index contributed by atoms with van der Waals surface area (Å²) in [5, 5.41) is 6.66. The monoisotopic (exact) mass is 806 g/mol. The van der Waals surface area contributed by atoms with E-state index in [0.717, 1.165) is 110 Å². The molecule has 0 spiro atoms. The highest BCUT2D eigenvalue weighted by Gasteiger charge is 2.25. The molecule has 0 bridgehead atoms. The standard InChI is InChI=1S/C57H34N4O2/c1-4-16-35(17-5-1)44-32-39(57-59-55(37-20-8-3-9-21-37)58-56(60-57)38-28-29-41-40-22-11-14-26-48(40)63-51(41)34-38)33-45(36-18-6-2-7-19-36)54(44)61-46-25-13-10-23-42(46)52-47(61)30-31-50-53(52)43-24-12-15-27-49(43)62-50/h1-34H. The number of rotatable bonds is 6. The van der Waals surface area contributed by atoms with E-state index >= 15 is 0 Å². The zero-order chi connectivity index (χ0) is 41.4. The normalized spacial score (nSPS) is 11.8. The quantitative estimate of drug-likeness (QED) is 0.167. The molecule has 0 saturated carbocycles. The SMILES string of the molecule is c1ccc(-c2nc(-c3cc(-c4ccccc4)c(-n4c5ccccc5c5c6c(ccc54)oc4ccccc46)c(-c4ccccc4)c3)nc(-c3ccc4c(c3)oc3ccccc34)n2)cc1. The molecular formula is C57H34N4O2. The van der Waals surface area contributed by atoms with E-state index in [4.69, 9.17) is 23.8 Å². The highest BCUT2D eigenvalue weighted by molar-refractivity contribution is 6.27. The average Bonchev–Trinajstić information content (AvgIpc) is 4.03. The first-order valence-electron chi connectivity index (χ1n) is 21.1. The van der Waals surface area contributed by atoms with E-state index < -0.39 is 0 Å². The molecule has 0 aliphatic heterocycles. The number of fused-ring (bicyclic) bond motifs is 10. The minimum Gasteiger partial charge on any atom is -0.456 e. The number of hydrogen-bond donors (Lipinski definition) is 0. The van der Waals surface area contributed by atoms with Crippen molar-refractivity contribution >= 4 is 65.7 Å². The molecule has 13 aromatic rings. The Bertz CT molecular complexity index is 3840. The van der Waals surface area contributed by atoms with Crippen molar-refractivity contribution in [3.63, 3.8) is 0 Å². The molecule has 0 radical (unpaired) electrons. The Kier molecular flexibility index (Phi) is 7.80. The van der Waals surface area contributed by atoms with Gasteiger partial charge in [-0.2, -0.15) is 0 Å². The molecule has 0 aliphatic rings. The molecule has 4 heterocycles. The van der Waals surface area contributed by atoms with Crippen molar-refractivity contribution in [2.45, 2.75) is 0 Å². The molecule has 0 aliphatic carbocycles. The maximum Gasteiger partial charge on any atom is 0.164 e. The van der Waals surface area contributed by atoms with E-state index in [0.29, 0.717) is 17.5 Å². The Morgan fingerprint density at radius 3 is 1.49 bits per heavy atom. The van der Waals surface area contributed by atoms with Crippen molar-refractivity contribution in [1.82, 2.24) is 19.5 Å². The molecule has 294 valence electrons. The number of benzene rings is 9. The van der Waals surface area contributed by atoms with Crippen molar-refractivity contribution in [3.8, 4) is 62.1 Å². The minimum atomic E-state index is 0.562. The first kappa shape index (κ1) is 35.2. The number of para-hydroxylation sites is 3. The largest absolute Gasteiger partial charge is 0.456 e. The van der Waals surface area contributed by atoms with Crippen LogP contribution in [0.5, 0.6) is 0 Å². The minimum absolute atomic E-state index is 0.562. The molecule has 9 aromatic carbocycles. The van der Waals surface area contributed by atoms with Gasteiger partial charge < -0.3 is 13.4 Å². The van der Waals surface area contributed by atoms with Crippen molar-refractivity contribution in [2.24, 2.45) is 0 Å². The van der Waals surface area contributed by atoms with E-state index in [1.165, 1.54) is 0 Å². The van der Waals surface area contributed by atoms with Gasteiger partial charge in [-0.3, -0.25) is 0 Å². The summed E-state index contributed by atoms with van der Waals surface area (Å²) in [4.78, 5) is 15.7. The molecule has 6 nitrogen and oxygen atoms in total. The van der Waals surface area contributed by atoms with Crippen LogP contribution in [0.2, 0.25) is 0 Å². The zero-order valence-electron chi connectivity index (χ0n) is 33.7. The molecule has 0 N–H and O–H groups in total. The van der Waals surface area contributed by atoms with Gasteiger partial charge in [-0.15, -0.1) is 0 Å². The van der Waals surface area contributed by atoms with Crippen LogP contribution in [-0.2, 0) is 0 Å². The number of nitrogens with zero attached hydrogens (tertiary/aromatic N) is 4. The summed E-state index contributed by atoms with van der Waals surface area (Å²) in [6, 6.07) is 71.6. The Hall–Kier alpha value is -8.61. The highest BCUT2D eigenvalue weighted by atomic mass is 16.3. The predicted octanol–water partition coefficient (Wildman–Crippen LogP) is 15.1. The fraction of sp³-hybridized carbons (Fsp3) is 0. The van der Waals surface area contributed by atoms with E-state index in [9.17, 15) is 0 Å². The third kappa shape index (κ3) is 5.62. The second-order valence-corrected chi connectivity index (χ2v) is 15.9. The summed E-state index contributed by atoms with van der Waals surface area (Å²) >= 11 is 0. The van der Waals surface area contributed by atoms with Gasteiger partial charge in [0.25, 0.3) is 0 Å². The smallest absolute Gasteiger partial charge is 0.164 e. The number of furan rings is 2. The molecule has 0 unspecified atom stereocenters. The molecule has 0 amide bonds. The van der Waals surface area contributed by atoms with Crippen LogP contribution < -0.4 is 0 Å². The van der Waals surface area contributed by atoms with Gasteiger partial charge in [0, 0.05) is 60.1 Å². The van der Waals surface area contributed by atoms with Gasteiger partial charge in [-0.1, -0.05) is 152 Å². The summed E-state index contributed by atoms with van der Waals surface area (Å²) in [7, 11) is 0. The van der Waals surface area contributed by atoms with Crippen LogP contribution in [0.4, 0.5) is 0 Å². The van der Waals surface area contributed by atoms with Crippen LogP contribution >= 0.6 is 0 Å². The topological polar surface area (TPSA) is 69.9 Å². The van der Waals surface area contributed by atoms with Gasteiger partial charge >= 0.3 is 0 Å². The summed E-state index contributed by atoms with van der Waals surface area (Å²) in [5.74, 6) is 1.72. The fourth-order valence-corrected chi connectivity index (χ4v) is 9.41. The van der Waals surface area contributed by atoms with Crippen molar-refractivity contribution in [2.75, 3.05) is 0 Å². The Balaban J connectivity index is 1.12. The molecule has 6 heteroatoms. The predicted molar refractivity (Wildman–Crippen MR) is 256 cm³/mol. The van der Waals surface area contributed by atoms with Gasteiger partial charge in [0.1, 0.15) is 22.3 Å². The van der Waals surface area contributed by atoms with Gasteiger partial charge in [0.15, 0.2) is 17.5 Å². The van der Waals surface area contributed by atoms with E-state index in [2.05, 4.69) is 144 Å². The number of hydrogen-bond acceptors (Lipinski definition) is 5. The molecule has 0 atom stereocenters. The van der Waals surface area contributed by atoms with E-state index in [1.807, 2.05) is 66.7 Å². The van der Waals surface area contributed by atoms with Gasteiger partial charge in [0.05, 0.1) is 16.7 Å². The van der Waals surface area contributed by atoms with Crippen LogP contribution in [0.3, 0.4) is 0 Å². The summed E-state index contributed by atoms with van der Waals surface area (Å²) in [6.45, 7) is 0. The summed E-state index contributed by atoms with van der Waals surface area (Å²) in [5.41, 5.74) is 13.4. The lowest BCUT2D eigenvalue weighted by Gasteiger charge is -2.21. The Morgan fingerprint density at radius 1 is 0.302 bits per heavy atom. The first-order chi connectivity index (χ1) is 31.2. The van der Waals surface area contributed by atoms with Crippen molar-refractivity contribution < 1.29 is 8.83 Å². The van der Waals surface area contributed by atoms with E-state index in [-0.39, 0.29) is 0 Å². The van der Waals surface area contributed by atoms with Crippen molar-refractivity contribution in [1.29, 1.82) is 0 Å². The van der Waals surface area contributed by atoms with Gasteiger partial charge in [0.2, 0.25) is 0 Å². The summed E-state index contributed by atoms with van der Waals surface area (Å²) < 4.78 is 15.2. The van der Waals surface area contributed by atoms with Crippen molar-refractivity contribution in [3.05, 3.63) is 206 Å².